The highest BCUT2D eigenvalue weighted by atomic mass is 16.5. The second kappa shape index (κ2) is 3.79. The predicted octanol–water partition coefficient (Wildman–Crippen LogP) is 0.246. The summed E-state index contributed by atoms with van der Waals surface area (Å²) in [6.07, 6.45) is 2.00. The summed E-state index contributed by atoms with van der Waals surface area (Å²) >= 11 is 0. The van der Waals surface area contributed by atoms with Gasteiger partial charge in [0.05, 0.1) is 6.61 Å². The van der Waals surface area contributed by atoms with Gasteiger partial charge in [-0.05, 0) is 12.8 Å². The van der Waals surface area contributed by atoms with Crippen molar-refractivity contribution in [1.82, 2.24) is 9.97 Å². The van der Waals surface area contributed by atoms with Crippen molar-refractivity contribution in [2.24, 2.45) is 0 Å². The van der Waals surface area contributed by atoms with Gasteiger partial charge in [0.15, 0.2) is 0 Å². The molecule has 2 rings (SSSR count). The Labute approximate surface area is 81.3 Å². The molecule has 1 aliphatic heterocycles. The summed E-state index contributed by atoms with van der Waals surface area (Å²) in [6, 6.07) is 1.28. The topological polar surface area (TPSA) is 81.0 Å². The van der Waals surface area contributed by atoms with Gasteiger partial charge in [-0.25, -0.2) is 4.98 Å². The first-order valence-electron chi connectivity index (χ1n) is 4.70. The fraction of sp³-hybridized carbons (Fsp3) is 0.556. The van der Waals surface area contributed by atoms with E-state index in [4.69, 9.17) is 10.5 Å². The molecule has 0 radical (unpaired) electrons. The number of hydrogen-bond donors (Lipinski definition) is 2. The first-order valence-corrected chi connectivity index (χ1v) is 4.70. The molecule has 1 aliphatic rings. The van der Waals surface area contributed by atoms with E-state index in [1.807, 2.05) is 0 Å². The van der Waals surface area contributed by atoms with Gasteiger partial charge in [-0.15, -0.1) is 0 Å². The van der Waals surface area contributed by atoms with Crippen LogP contribution in [0.1, 0.15) is 24.6 Å². The van der Waals surface area contributed by atoms with Crippen molar-refractivity contribution in [3.63, 3.8) is 0 Å². The summed E-state index contributed by atoms with van der Waals surface area (Å²) in [7, 11) is 0. The lowest BCUT2D eigenvalue weighted by molar-refractivity contribution is 0.0780. The fourth-order valence-corrected chi connectivity index (χ4v) is 1.65. The van der Waals surface area contributed by atoms with Crippen LogP contribution in [0.15, 0.2) is 10.9 Å². The Kier molecular flexibility index (Phi) is 2.49. The van der Waals surface area contributed by atoms with Gasteiger partial charge in [0.1, 0.15) is 11.6 Å². The number of H-pyrrole nitrogens is 1. The minimum Gasteiger partial charge on any atom is -0.383 e. The number of nitrogens with zero attached hydrogens (tertiary/aromatic N) is 1. The van der Waals surface area contributed by atoms with Gasteiger partial charge < -0.3 is 15.5 Å². The van der Waals surface area contributed by atoms with E-state index in [1.54, 1.807) is 0 Å². The molecule has 1 atom stereocenters. The van der Waals surface area contributed by atoms with Crippen molar-refractivity contribution < 1.29 is 4.74 Å². The summed E-state index contributed by atoms with van der Waals surface area (Å²) < 4.78 is 5.31. The highest BCUT2D eigenvalue weighted by Crippen LogP contribution is 2.21. The van der Waals surface area contributed by atoms with E-state index in [0.717, 1.165) is 19.4 Å². The normalized spacial score (nSPS) is 22.1. The van der Waals surface area contributed by atoms with Crippen LogP contribution in [0.3, 0.4) is 0 Å². The van der Waals surface area contributed by atoms with E-state index in [0.29, 0.717) is 12.4 Å². The Balaban J connectivity index is 2.26. The van der Waals surface area contributed by atoms with Crippen LogP contribution < -0.4 is 11.3 Å². The van der Waals surface area contributed by atoms with Gasteiger partial charge in [0, 0.05) is 18.6 Å². The monoisotopic (exact) mass is 195 g/mol. The summed E-state index contributed by atoms with van der Waals surface area (Å²) in [5.74, 6) is 1.10. The fourth-order valence-electron chi connectivity index (χ4n) is 1.65. The number of hydrogen-bond acceptors (Lipinski definition) is 4. The number of rotatable bonds is 1. The molecule has 0 aromatic carbocycles. The molecule has 14 heavy (non-hydrogen) atoms. The zero-order valence-corrected chi connectivity index (χ0v) is 7.82. The number of nitrogen functional groups attached to an aromatic ring is 1. The molecule has 0 spiro atoms. The third kappa shape index (κ3) is 1.93. The molecule has 0 saturated carbocycles. The maximum absolute atomic E-state index is 11.1. The number of nitrogens with two attached hydrogens (primary N) is 1. The van der Waals surface area contributed by atoms with E-state index in [-0.39, 0.29) is 17.3 Å². The summed E-state index contributed by atoms with van der Waals surface area (Å²) in [5, 5.41) is 0. The van der Waals surface area contributed by atoms with E-state index >= 15 is 0 Å². The molecule has 5 nitrogen and oxygen atoms in total. The van der Waals surface area contributed by atoms with Crippen molar-refractivity contribution in [2.75, 3.05) is 18.9 Å². The number of aromatic amines is 1. The number of aromatic nitrogens is 2. The average molecular weight is 195 g/mol. The molecular weight excluding hydrogens is 182 g/mol. The van der Waals surface area contributed by atoms with Crippen LogP contribution in [0, 0.1) is 0 Å². The molecule has 0 amide bonds. The van der Waals surface area contributed by atoms with Gasteiger partial charge in [0.2, 0.25) is 0 Å². The van der Waals surface area contributed by atoms with Crippen LogP contribution in [-0.4, -0.2) is 23.2 Å². The highest BCUT2D eigenvalue weighted by molar-refractivity contribution is 5.26. The van der Waals surface area contributed by atoms with E-state index in [2.05, 4.69) is 9.97 Å². The van der Waals surface area contributed by atoms with Crippen LogP contribution in [0.4, 0.5) is 5.82 Å². The summed E-state index contributed by atoms with van der Waals surface area (Å²) in [5.41, 5.74) is 5.30. The van der Waals surface area contributed by atoms with Crippen LogP contribution >= 0.6 is 0 Å². The van der Waals surface area contributed by atoms with Crippen molar-refractivity contribution in [3.05, 3.63) is 22.2 Å². The molecule has 3 N–H and O–H groups in total. The SMILES string of the molecule is Nc1cc(=O)[nH]c(C2CCCOC2)n1. The van der Waals surface area contributed by atoms with Crippen LogP contribution in [-0.2, 0) is 4.74 Å². The van der Waals surface area contributed by atoms with Crippen LogP contribution in [0.2, 0.25) is 0 Å². The van der Waals surface area contributed by atoms with Crippen LogP contribution in [0.5, 0.6) is 0 Å². The lowest BCUT2D eigenvalue weighted by Crippen LogP contribution is -2.21. The minimum absolute atomic E-state index is 0.181. The molecule has 2 heterocycles. The maximum atomic E-state index is 11.1. The zero-order valence-electron chi connectivity index (χ0n) is 7.82. The average Bonchev–Trinajstić information content (AvgIpc) is 2.18. The quantitative estimate of drug-likeness (QED) is 0.672. The first kappa shape index (κ1) is 9.21. The van der Waals surface area contributed by atoms with Crippen molar-refractivity contribution >= 4 is 5.82 Å². The second-order valence-electron chi connectivity index (χ2n) is 3.47. The van der Waals surface area contributed by atoms with Gasteiger partial charge >= 0.3 is 0 Å². The molecule has 0 aliphatic carbocycles. The Bertz CT molecular complexity index is 369. The Morgan fingerprint density at radius 1 is 1.64 bits per heavy atom. The Morgan fingerprint density at radius 3 is 3.14 bits per heavy atom. The minimum atomic E-state index is -0.196. The van der Waals surface area contributed by atoms with Crippen molar-refractivity contribution in [3.8, 4) is 0 Å². The molecular formula is C9H13N3O2. The van der Waals surface area contributed by atoms with Crippen molar-refractivity contribution in [1.29, 1.82) is 0 Å². The molecule has 1 unspecified atom stereocenters. The lowest BCUT2D eigenvalue weighted by Gasteiger charge is -2.20. The Hall–Kier alpha value is -1.36. The third-order valence-electron chi connectivity index (χ3n) is 2.33. The second-order valence-corrected chi connectivity index (χ2v) is 3.47. The third-order valence-corrected chi connectivity index (χ3v) is 2.33. The zero-order chi connectivity index (χ0) is 9.97. The van der Waals surface area contributed by atoms with Gasteiger partial charge in [0.25, 0.3) is 5.56 Å². The molecule has 0 bridgehead atoms. The first-order chi connectivity index (χ1) is 6.75. The highest BCUT2D eigenvalue weighted by Gasteiger charge is 2.18. The maximum Gasteiger partial charge on any atom is 0.252 e. The molecule has 76 valence electrons. The summed E-state index contributed by atoms with van der Waals surface area (Å²) in [4.78, 5) is 17.9. The molecule has 1 aromatic heterocycles. The number of ether oxygens (including phenoxy) is 1. The van der Waals surface area contributed by atoms with E-state index in [1.165, 1.54) is 6.07 Å². The van der Waals surface area contributed by atoms with Gasteiger partial charge in [-0.3, -0.25) is 4.79 Å². The largest absolute Gasteiger partial charge is 0.383 e. The predicted molar refractivity (Wildman–Crippen MR) is 52.1 cm³/mol. The summed E-state index contributed by atoms with van der Waals surface area (Å²) in [6.45, 7) is 1.41. The lowest BCUT2D eigenvalue weighted by atomic mass is 10.0. The van der Waals surface area contributed by atoms with E-state index < -0.39 is 0 Å². The van der Waals surface area contributed by atoms with E-state index in [9.17, 15) is 4.79 Å². The van der Waals surface area contributed by atoms with Gasteiger partial charge in [-0.1, -0.05) is 0 Å². The smallest absolute Gasteiger partial charge is 0.252 e. The van der Waals surface area contributed by atoms with Crippen LogP contribution in [0.25, 0.3) is 0 Å². The standard InChI is InChI=1S/C9H13N3O2/c10-7-4-8(13)12-9(11-7)6-2-1-3-14-5-6/h4,6H,1-3,5H2,(H3,10,11,12,13). The Morgan fingerprint density at radius 2 is 2.50 bits per heavy atom. The van der Waals surface area contributed by atoms with Crippen molar-refractivity contribution in [2.45, 2.75) is 18.8 Å². The molecule has 1 saturated heterocycles. The molecule has 1 aromatic rings. The molecule has 5 heteroatoms. The molecule has 1 fully saturated rings. The van der Waals surface area contributed by atoms with Gasteiger partial charge in [-0.2, -0.15) is 0 Å². The number of nitrogens with one attached hydrogen (secondary N) is 1. The number of anilines is 1.